The summed E-state index contributed by atoms with van der Waals surface area (Å²) in [5.74, 6) is -1.11. The van der Waals surface area contributed by atoms with E-state index < -0.39 is 22.0 Å². The molecule has 1 rings (SSSR count). The normalized spacial score (nSPS) is 13.2. The summed E-state index contributed by atoms with van der Waals surface area (Å²) in [7, 11) is -2.73. The molecular formula is C13H18ClNO5S. The molecule has 118 valence electrons. The van der Waals surface area contributed by atoms with E-state index in [9.17, 15) is 13.2 Å². The Balaban J connectivity index is 3.16. The number of aliphatic carboxylic acids is 1. The molecule has 21 heavy (non-hydrogen) atoms. The van der Waals surface area contributed by atoms with Crippen molar-refractivity contribution in [3.63, 3.8) is 0 Å². The molecule has 0 aliphatic rings. The number of benzene rings is 1. The van der Waals surface area contributed by atoms with Gasteiger partial charge in [-0.3, -0.25) is 4.79 Å². The first kappa shape index (κ1) is 17.7. The largest absolute Gasteiger partial charge is 0.495 e. The third-order valence-electron chi connectivity index (χ3n) is 2.72. The van der Waals surface area contributed by atoms with Gasteiger partial charge in [-0.05, 0) is 30.5 Å². The first-order valence-electron chi connectivity index (χ1n) is 6.26. The Morgan fingerprint density at radius 3 is 2.52 bits per heavy atom. The van der Waals surface area contributed by atoms with Crippen LogP contribution in [0.1, 0.15) is 20.3 Å². The van der Waals surface area contributed by atoms with Crippen LogP contribution in [0.5, 0.6) is 5.75 Å². The number of methoxy groups -OCH3 is 1. The summed E-state index contributed by atoms with van der Waals surface area (Å²) in [4.78, 5) is 11.0. The van der Waals surface area contributed by atoms with E-state index >= 15 is 0 Å². The van der Waals surface area contributed by atoms with Gasteiger partial charge in [0, 0.05) is 5.02 Å². The molecule has 1 aromatic carbocycles. The highest BCUT2D eigenvalue weighted by Gasteiger charge is 2.28. The second-order valence-corrected chi connectivity index (χ2v) is 7.06. The van der Waals surface area contributed by atoms with Crippen LogP contribution in [-0.2, 0) is 14.8 Å². The zero-order valence-electron chi connectivity index (χ0n) is 12.0. The molecule has 0 saturated heterocycles. The smallest absolute Gasteiger partial charge is 0.321 e. The lowest BCUT2D eigenvalue weighted by atomic mass is 10.1. The van der Waals surface area contributed by atoms with Gasteiger partial charge in [0.05, 0.1) is 7.11 Å². The zero-order valence-corrected chi connectivity index (χ0v) is 13.5. The number of hydrogen-bond acceptors (Lipinski definition) is 4. The predicted molar refractivity (Wildman–Crippen MR) is 79.2 cm³/mol. The van der Waals surface area contributed by atoms with Gasteiger partial charge in [0.2, 0.25) is 10.0 Å². The lowest BCUT2D eigenvalue weighted by Crippen LogP contribution is -2.41. The molecule has 0 aliphatic heterocycles. The number of halogens is 1. The van der Waals surface area contributed by atoms with Crippen LogP contribution in [0.4, 0.5) is 0 Å². The topological polar surface area (TPSA) is 92.7 Å². The van der Waals surface area contributed by atoms with Gasteiger partial charge >= 0.3 is 5.97 Å². The van der Waals surface area contributed by atoms with Crippen molar-refractivity contribution in [3.8, 4) is 5.75 Å². The molecule has 8 heteroatoms. The van der Waals surface area contributed by atoms with E-state index in [2.05, 4.69) is 4.72 Å². The number of sulfonamides is 1. The first-order chi connectivity index (χ1) is 9.67. The number of rotatable bonds is 7. The molecule has 0 bridgehead atoms. The summed E-state index contributed by atoms with van der Waals surface area (Å²) in [6.07, 6.45) is 0.178. The molecule has 0 heterocycles. The van der Waals surface area contributed by atoms with Crippen molar-refractivity contribution < 1.29 is 23.1 Å². The summed E-state index contributed by atoms with van der Waals surface area (Å²) < 4.78 is 31.9. The van der Waals surface area contributed by atoms with Crippen LogP contribution < -0.4 is 9.46 Å². The lowest BCUT2D eigenvalue weighted by molar-refractivity contribution is -0.139. The lowest BCUT2D eigenvalue weighted by Gasteiger charge is -2.17. The Bertz CT molecular complexity index is 615. The summed E-state index contributed by atoms with van der Waals surface area (Å²) >= 11 is 5.80. The van der Waals surface area contributed by atoms with Crippen molar-refractivity contribution in [1.82, 2.24) is 4.72 Å². The van der Waals surface area contributed by atoms with Gasteiger partial charge in [0.25, 0.3) is 0 Å². The van der Waals surface area contributed by atoms with Crippen molar-refractivity contribution in [3.05, 3.63) is 23.2 Å². The second-order valence-electron chi connectivity index (χ2n) is 4.94. The van der Waals surface area contributed by atoms with Gasteiger partial charge < -0.3 is 9.84 Å². The maximum absolute atomic E-state index is 12.3. The SMILES string of the molecule is COc1ccc(Cl)cc1S(=O)(=O)N[C@@H](CC(C)C)C(=O)O. The van der Waals surface area contributed by atoms with Gasteiger partial charge in [-0.1, -0.05) is 25.4 Å². The van der Waals surface area contributed by atoms with Crippen LogP contribution >= 0.6 is 11.6 Å². The van der Waals surface area contributed by atoms with E-state index in [1.165, 1.54) is 25.3 Å². The number of carboxylic acid groups (broad SMARTS) is 1. The second kappa shape index (κ2) is 7.11. The minimum atomic E-state index is -4.06. The Morgan fingerprint density at radius 2 is 2.05 bits per heavy atom. The Morgan fingerprint density at radius 1 is 1.43 bits per heavy atom. The standard InChI is InChI=1S/C13H18ClNO5S/c1-8(2)6-10(13(16)17)15-21(18,19)12-7-9(14)4-5-11(12)20-3/h4-5,7-8,10,15H,6H2,1-3H3,(H,16,17)/t10-/m0/s1. The molecule has 6 nitrogen and oxygen atoms in total. The van der Waals surface area contributed by atoms with E-state index in [0.29, 0.717) is 0 Å². The first-order valence-corrected chi connectivity index (χ1v) is 8.12. The van der Waals surface area contributed by atoms with Gasteiger partial charge in [-0.25, -0.2) is 8.42 Å². The average molecular weight is 336 g/mol. The third-order valence-corrected chi connectivity index (χ3v) is 4.45. The number of nitrogens with one attached hydrogen (secondary N) is 1. The van der Waals surface area contributed by atoms with Gasteiger partial charge in [0.1, 0.15) is 16.7 Å². The molecule has 0 fully saturated rings. The highest BCUT2D eigenvalue weighted by atomic mass is 35.5. The predicted octanol–water partition coefficient (Wildman–Crippen LogP) is 2.13. The molecule has 2 N–H and O–H groups in total. The molecule has 1 atom stereocenters. The van der Waals surface area contributed by atoms with Crippen LogP contribution in [0, 0.1) is 5.92 Å². The average Bonchev–Trinajstić information content (AvgIpc) is 2.37. The Hall–Kier alpha value is -1.31. The number of hydrogen-bond donors (Lipinski definition) is 2. The maximum atomic E-state index is 12.3. The van der Waals surface area contributed by atoms with Gasteiger partial charge in [-0.15, -0.1) is 0 Å². The number of ether oxygens (including phenoxy) is 1. The zero-order chi connectivity index (χ0) is 16.2. The molecule has 0 spiro atoms. The van der Waals surface area contributed by atoms with Crippen LogP contribution in [0.25, 0.3) is 0 Å². The summed E-state index contributed by atoms with van der Waals surface area (Å²) in [5, 5.41) is 9.34. The van der Waals surface area contributed by atoms with Crippen molar-refractivity contribution in [1.29, 1.82) is 0 Å². The number of carbonyl (C=O) groups is 1. The number of carboxylic acids is 1. The van der Waals surface area contributed by atoms with E-state index in [-0.39, 0.29) is 28.0 Å². The van der Waals surface area contributed by atoms with E-state index in [4.69, 9.17) is 21.4 Å². The molecular weight excluding hydrogens is 318 g/mol. The van der Waals surface area contributed by atoms with E-state index in [1.54, 1.807) is 0 Å². The van der Waals surface area contributed by atoms with Crippen molar-refractivity contribution >= 4 is 27.6 Å². The minimum absolute atomic E-state index is 0.0232. The maximum Gasteiger partial charge on any atom is 0.321 e. The molecule has 0 saturated carbocycles. The van der Waals surface area contributed by atoms with E-state index in [0.717, 1.165) is 0 Å². The molecule has 0 aliphatic carbocycles. The highest BCUT2D eigenvalue weighted by Crippen LogP contribution is 2.27. The van der Waals surface area contributed by atoms with Crippen LogP contribution in [0.2, 0.25) is 5.02 Å². The molecule has 0 amide bonds. The fourth-order valence-corrected chi connectivity index (χ4v) is 3.42. The van der Waals surface area contributed by atoms with Crippen LogP contribution in [-0.4, -0.2) is 32.6 Å². The van der Waals surface area contributed by atoms with Crippen molar-refractivity contribution in [2.75, 3.05) is 7.11 Å². The minimum Gasteiger partial charge on any atom is -0.495 e. The molecule has 0 radical (unpaired) electrons. The van der Waals surface area contributed by atoms with Crippen LogP contribution in [0.15, 0.2) is 23.1 Å². The highest BCUT2D eigenvalue weighted by molar-refractivity contribution is 7.89. The van der Waals surface area contributed by atoms with Gasteiger partial charge in [-0.2, -0.15) is 4.72 Å². The molecule has 0 unspecified atom stereocenters. The van der Waals surface area contributed by atoms with Crippen LogP contribution in [0.3, 0.4) is 0 Å². The molecule has 1 aromatic rings. The quantitative estimate of drug-likeness (QED) is 0.796. The Labute approximate surface area is 129 Å². The Kier molecular flexibility index (Phi) is 6.00. The van der Waals surface area contributed by atoms with Gasteiger partial charge in [0.15, 0.2) is 0 Å². The summed E-state index contributed by atoms with van der Waals surface area (Å²) in [5.41, 5.74) is 0. The van der Waals surface area contributed by atoms with E-state index in [1.807, 2.05) is 13.8 Å². The summed E-state index contributed by atoms with van der Waals surface area (Å²) in [6.45, 7) is 3.62. The fraction of sp³-hybridized carbons (Fsp3) is 0.462. The fourth-order valence-electron chi connectivity index (χ4n) is 1.78. The summed E-state index contributed by atoms with van der Waals surface area (Å²) in [6, 6.07) is 2.91. The monoisotopic (exact) mass is 335 g/mol. The molecule has 0 aromatic heterocycles. The third kappa shape index (κ3) is 4.87. The van der Waals surface area contributed by atoms with Crippen molar-refractivity contribution in [2.24, 2.45) is 5.92 Å². The van der Waals surface area contributed by atoms with Crippen molar-refractivity contribution in [2.45, 2.75) is 31.2 Å².